The molecule has 6 unspecified atom stereocenters. The van der Waals surface area contributed by atoms with E-state index in [9.17, 15) is 28.7 Å². The Kier molecular flexibility index (Phi) is 7.71. The third-order valence-electron chi connectivity index (χ3n) is 9.59. The predicted octanol–water partition coefficient (Wildman–Crippen LogP) is 6.89. The molecule has 4 aliphatic rings. The first-order chi connectivity index (χ1) is 21.8. The van der Waals surface area contributed by atoms with Gasteiger partial charge in [0.1, 0.15) is 5.82 Å². The molecule has 0 radical (unpaired) electrons. The number of allylic oxidation sites excluding steroid dienone is 2. The second-order valence-corrected chi connectivity index (χ2v) is 15.6. The van der Waals surface area contributed by atoms with Gasteiger partial charge in [0.15, 0.2) is 21.2 Å². The fourth-order valence-corrected chi connectivity index (χ4v) is 10.1. The van der Waals surface area contributed by atoms with Crippen molar-refractivity contribution in [2.24, 2.45) is 17.8 Å². The van der Waals surface area contributed by atoms with Gasteiger partial charge in [0.25, 0.3) is 11.8 Å². The minimum absolute atomic E-state index is 0.0586. The fraction of sp³-hybridized carbons (Fsp3) is 0.312. The molecule has 2 aromatic carbocycles. The van der Waals surface area contributed by atoms with Crippen molar-refractivity contribution >= 4 is 95.7 Å². The number of nitrogens with zero attached hydrogens (tertiary/aromatic N) is 2. The molecular weight excluding hydrogens is 790 g/mol. The van der Waals surface area contributed by atoms with E-state index in [1.54, 1.807) is 0 Å². The van der Waals surface area contributed by atoms with E-state index in [1.165, 1.54) is 41.5 Å². The maximum absolute atomic E-state index is 14.5. The van der Waals surface area contributed by atoms with Gasteiger partial charge in [-0.1, -0.05) is 17.7 Å². The topological polar surface area (TPSA) is 104 Å². The summed E-state index contributed by atoms with van der Waals surface area (Å²) in [7, 11) is 1.36. The van der Waals surface area contributed by atoms with Crippen molar-refractivity contribution in [3.05, 3.63) is 84.7 Å². The number of imide groups is 2. The molecule has 3 heterocycles. The Balaban J connectivity index is 1.43. The summed E-state index contributed by atoms with van der Waals surface area (Å²) < 4.78 is 19.8. The monoisotopic (exact) mass is 810 g/mol. The number of alkyl halides is 2. The van der Waals surface area contributed by atoms with E-state index in [0.29, 0.717) is 15.6 Å². The van der Waals surface area contributed by atoms with E-state index in [1.807, 2.05) is 23.6 Å². The van der Waals surface area contributed by atoms with Crippen molar-refractivity contribution in [1.82, 2.24) is 4.90 Å². The summed E-state index contributed by atoms with van der Waals surface area (Å²) in [6, 6.07) is 10.0. The summed E-state index contributed by atoms with van der Waals surface area (Å²) in [6.07, 6.45) is 1.83. The summed E-state index contributed by atoms with van der Waals surface area (Å²) in [4.78, 5) is 55.5. The lowest BCUT2D eigenvalue weighted by molar-refractivity contribution is -0.141. The number of aromatic hydroxyl groups is 1. The number of benzene rings is 2. The molecule has 14 heteroatoms. The third kappa shape index (κ3) is 4.25. The van der Waals surface area contributed by atoms with Gasteiger partial charge in [-0.15, -0.1) is 34.5 Å². The summed E-state index contributed by atoms with van der Waals surface area (Å²) in [5.74, 6) is -6.45. The molecule has 1 saturated carbocycles. The van der Waals surface area contributed by atoms with E-state index in [2.05, 4.69) is 31.9 Å². The number of hydrogen-bond donors (Lipinski definition) is 1. The molecule has 2 aliphatic heterocycles. The molecule has 1 N–H and O–H groups in total. The summed E-state index contributed by atoms with van der Waals surface area (Å²) in [5, 5.41) is 12.6. The van der Waals surface area contributed by atoms with Gasteiger partial charge in [0.2, 0.25) is 11.8 Å². The van der Waals surface area contributed by atoms with Crippen LogP contribution in [0.4, 0.5) is 10.1 Å². The predicted molar refractivity (Wildman–Crippen MR) is 177 cm³/mol. The number of carbonyl (C=O) groups is 4. The van der Waals surface area contributed by atoms with Crippen LogP contribution in [0.5, 0.6) is 11.5 Å². The van der Waals surface area contributed by atoms with Crippen LogP contribution in [-0.4, -0.2) is 50.5 Å². The minimum atomic E-state index is -2.14. The average Bonchev–Trinajstić information content (AvgIpc) is 3.68. The van der Waals surface area contributed by atoms with E-state index >= 15 is 0 Å². The Morgan fingerprint density at radius 3 is 2.41 bits per heavy atom. The first kappa shape index (κ1) is 31.8. The van der Waals surface area contributed by atoms with Crippen molar-refractivity contribution in [2.45, 2.75) is 35.1 Å². The van der Waals surface area contributed by atoms with E-state index < -0.39 is 51.1 Å². The maximum atomic E-state index is 14.5. The smallest absolute Gasteiger partial charge is 0.258 e. The van der Waals surface area contributed by atoms with Gasteiger partial charge in [-0.05, 0) is 98.0 Å². The van der Waals surface area contributed by atoms with Crippen molar-refractivity contribution in [3.63, 3.8) is 0 Å². The number of rotatable bonds is 5. The highest BCUT2D eigenvalue weighted by Gasteiger charge is 2.76. The number of phenolic OH excluding ortho intramolecular Hbond substituents is 1. The van der Waals surface area contributed by atoms with Crippen molar-refractivity contribution in [2.75, 3.05) is 12.0 Å². The number of fused-ring (bicyclic) bond motifs is 4. The van der Waals surface area contributed by atoms with Crippen LogP contribution in [0.2, 0.25) is 0 Å². The maximum Gasteiger partial charge on any atom is 0.258 e. The molecule has 2 aliphatic carbocycles. The molecule has 3 fully saturated rings. The number of carbonyl (C=O) groups excluding carboxylic acids is 4. The van der Waals surface area contributed by atoms with Crippen LogP contribution < -0.4 is 9.64 Å². The van der Waals surface area contributed by atoms with Gasteiger partial charge < -0.3 is 9.84 Å². The Bertz CT molecular complexity index is 1870. The van der Waals surface area contributed by atoms with Crippen molar-refractivity contribution in [1.29, 1.82) is 0 Å². The second-order valence-electron chi connectivity index (χ2n) is 11.7. The van der Waals surface area contributed by atoms with Crippen LogP contribution >= 0.6 is 66.4 Å². The van der Waals surface area contributed by atoms with Crippen LogP contribution in [0.15, 0.2) is 68.4 Å². The average molecular weight is 813 g/mol. The number of halogens is 5. The van der Waals surface area contributed by atoms with Crippen LogP contribution in [0.1, 0.15) is 29.2 Å². The molecule has 2 saturated heterocycles. The highest BCUT2D eigenvalue weighted by Crippen LogP contribution is 2.67. The number of ether oxygens (including phenoxy) is 1. The van der Waals surface area contributed by atoms with Crippen molar-refractivity contribution < 1.29 is 33.4 Å². The zero-order valence-electron chi connectivity index (χ0n) is 23.8. The van der Waals surface area contributed by atoms with E-state index in [-0.39, 0.29) is 52.9 Å². The molecule has 238 valence electrons. The normalized spacial score (nSPS) is 30.3. The zero-order chi connectivity index (χ0) is 32.9. The van der Waals surface area contributed by atoms with Gasteiger partial charge in [-0.2, -0.15) is 0 Å². The fourth-order valence-electron chi connectivity index (χ4n) is 7.50. The van der Waals surface area contributed by atoms with E-state index in [4.69, 9.17) is 27.9 Å². The Morgan fingerprint density at radius 1 is 1.04 bits per heavy atom. The number of anilines is 1. The summed E-state index contributed by atoms with van der Waals surface area (Å²) >= 11 is 23.2. The van der Waals surface area contributed by atoms with Crippen LogP contribution in [0.25, 0.3) is 0 Å². The van der Waals surface area contributed by atoms with Gasteiger partial charge in [-0.3, -0.25) is 24.1 Å². The Morgan fingerprint density at radius 2 is 1.76 bits per heavy atom. The SMILES string of the molecule is COc1cc(C2C3=CCC4C(=O)N(Cc5cccs5)C(=O)C4C3CC3(Cl)C(=O)N(c4ccc(F)cc4)C(=O)C23Cl)c(Br)c(Br)c1O. The number of thiophene rings is 1. The minimum Gasteiger partial charge on any atom is -0.503 e. The third-order valence-corrected chi connectivity index (χ3v) is 14.0. The van der Waals surface area contributed by atoms with Gasteiger partial charge in [-0.25, -0.2) is 9.29 Å². The molecular formula is C32H23Br2Cl2FN2O6S. The van der Waals surface area contributed by atoms with Gasteiger partial charge >= 0.3 is 0 Å². The first-order valence-corrected chi connectivity index (χ1v) is 17.4. The number of amides is 4. The number of phenols is 1. The molecule has 6 atom stereocenters. The van der Waals surface area contributed by atoms with Crippen LogP contribution in [-0.2, 0) is 25.7 Å². The molecule has 3 aromatic rings. The lowest BCUT2D eigenvalue weighted by atomic mass is 9.56. The lowest BCUT2D eigenvalue weighted by Crippen LogP contribution is -2.60. The Labute approximate surface area is 293 Å². The lowest BCUT2D eigenvalue weighted by Gasteiger charge is -2.51. The molecule has 7 rings (SSSR count). The number of methoxy groups -OCH3 is 1. The number of likely N-dealkylation sites (tertiary alicyclic amines) is 1. The zero-order valence-corrected chi connectivity index (χ0v) is 29.3. The molecule has 0 bridgehead atoms. The second kappa shape index (κ2) is 11.2. The highest BCUT2D eigenvalue weighted by molar-refractivity contribution is 9.13. The molecule has 8 nitrogen and oxygen atoms in total. The quantitative estimate of drug-likeness (QED) is 0.171. The van der Waals surface area contributed by atoms with Gasteiger partial charge in [0.05, 0.1) is 35.7 Å². The molecule has 4 amide bonds. The largest absolute Gasteiger partial charge is 0.503 e. The van der Waals surface area contributed by atoms with Crippen LogP contribution in [0, 0.1) is 23.6 Å². The van der Waals surface area contributed by atoms with Crippen LogP contribution in [0.3, 0.4) is 0 Å². The summed E-state index contributed by atoms with van der Waals surface area (Å²) in [5.41, 5.74) is 1.02. The molecule has 0 spiro atoms. The van der Waals surface area contributed by atoms with Gasteiger partial charge in [0, 0.05) is 15.3 Å². The molecule has 1 aromatic heterocycles. The summed E-state index contributed by atoms with van der Waals surface area (Å²) in [6.45, 7) is 0.128. The van der Waals surface area contributed by atoms with Crippen molar-refractivity contribution in [3.8, 4) is 11.5 Å². The molecule has 46 heavy (non-hydrogen) atoms. The standard InChI is InChI=1S/C32H23Br2Cl2FN2O6S/c1-45-21-11-19(24(33)25(34)26(21)40)23-17-8-9-18-22(28(42)38(27(18)41)13-16-3-2-10-46-16)20(17)12-31(35)29(43)39(30(44)32(23,31)36)15-6-4-14(37)5-7-15/h2-8,10-11,18,20,22-23,40H,9,12-13H2,1H3. The van der Waals surface area contributed by atoms with E-state index in [0.717, 1.165) is 21.9 Å². The highest BCUT2D eigenvalue weighted by atomic mass is 79.9. The first-order valence-electron chi connectivity index (χ1n) is 14.2. The Hall–Kier alpha value is -2.77. The number of hydrogen-bond acceptors (Lipinski definition) is 7.